The molecule has 0 spiro atoms. The zero-order chi connectivity index (χ0) is 16.2. The first-order valence-electron chi connectivity index (χ1n) is 7.09. The molecule has 120 valence electrons. The lowest BCUT2D eigenvalue weighted by Gasteiger charge is -2.15. The summed E-state index contributed by atoms with van der Waals surface area (Å²) in [5.41, 5.74) is 0.0199. The number of hydrogen-bond acceptors (Lipinski definition) is 2. The third-order valence-electron chi connectivity index (χ3n) is 3.53. The van der Waals surface area contributed by atoms with Crippen LogP contribution in [-0.2, 0) is 22.3 Å². The molecule has 1 saturated heterocycles. The van der Waals surface area contributed by atoms with Gasteiger partial charge in [-0.05, 0) is 37.1 Å². The highest BCUT2D eigenvalue weighted by atomic mass is 19.4. The number of benzene rings is 1. The SMILES string of the molecule is C/C=C/C(=O)N1CC[C@H](OCc2ccc(C(F)(F)F)cc2)C1. The third-order valence-corrected chi connectivity index (χ3v) is 3.53. The fourth-order valence-electron chi connectivity index (χ4n) is 2.32. The molecule has 0 saturated carbocycles. The van der Waals surface area contributed by atoms with Crippen LogP contribution < -0.4 is 0 Å². The first-order valence-corrected chi connectivity index (χ1v) is 7.09. The highest BCUT2D eigenvalue weighted by Crippen LogP contribution is 2.29. The number of carbonyl (C=O) groups is 1. The van der Waals surface area contributed by atoms with Crippen LogP contribution in [0.25, 0.3) is 0 Å². The number of nitrogens with zero attached hydrogens (tertiary/aromatic N) is 1. The number of alkyl halides is 3. The van der Waals surface area contributed by atoms with Crippen molar-refractivity contribution in [2.45, 2.75) is 32.2 Å². The molecular weight excluding hydrogens is 295 g/mol. The van der Waals surface area contributed by atoms with Crippen LogP contribution in [0.1, 0.15) is 24.5 Å². The van der Waals surface area contributed by atoms with Gasteiger partial charge in [-0.15, -0.1) is 0 Å². The molecule has 1 aromatic carbocycles. The van der Waals surface area contributed by atoms with Gasteiger partial charge in [0.25, 0.3) is 0 Å². The lowest BCUT2D eigenvalue weighted by Crippen LogP contribution is -2.28. The van der Waals surface area contributed by atoms with E-state index in [2.05, 4.69) is 0 Å². The van der Waals surface area contributed by atoms with Gasteiger partial charge in [-0.2, -0.15) is 13.2 Å². The third kappa shape index (κ3) is 4.34. The molecule has 0 aliphatic carbocycles. The van der Waals surface area contributed by atoms with Gasteiger partial charge in [-0.1, -0.05) is 18.2 Å². The molecular formula is C16H18F3NO2. The van der Waals surface area contributed by atoms with Crippen LogP contribution in [0.5, 0.6) is 0 Å². The average molecular weight is 313 g/mol. The Labute approximate surface area is 127 Å². The van der Waals surface area contributed by atoms with Gasteiger partial charge >= 0.3 is 6.18 Å². The molecule has 1 heterocycles. The Kier molecular flexibility index (Phi) is 5.24. The summed E-state index contributed by atoms with van der Waals surface area (Å²) in [6, 6.07) is 4.94. The van der Waals surface area contributed by atoms with Crippen molar-refractivity contribution >= 4 is 5.91 Å². The van der Waals surface area contributed by atoms with Crippen molar-refractivity contribution in [3.8, 4) is 0 Å². The largest absolute Gasteiger partial charge is 0.416 e. The molecule has 1 atom stereocenters. The van der Waals surface area contributed by atoms with Crippen LogP contribution in [-0.4, -0.2) is 30.0 Å². The normalized spacial score (nSPS) is 19.1. The van der Waals surface area contributed by atoms with Crippen LogP contribution in [0, 0.1) is 0 Å². The number of likely N-dealkylation sites (tertiary alicyclic amines) is 1. The molecule has 3 nitrogen and oxygen atoms in total. The second kappa shape index (κ2) is 6.96. The Morgan fingerprint density at radius 2 is 2.05 bits per heavy atom. The van der Waals surface area contributed by atoms with E-state index in [1.807, 2.05) is 0 Å². The van der Waals surface area contributed by atoms with Gasteiger partial charge in [0.15, 0.2) is 0 Å². The van der Waals surface area contributed by atoms with Gasteiger partial charge in [-0.25, -0.2) is 0 Å². The standard InChI is InChI=1S/C16H18F3NO2/c1-2-3-15(21)20-9-8-14(10-20)22-11-12-4-6-13(7-5-12)16(17,18)19/h2-7,14H,8-11H2,1H3/b3-2+/t14-/m0/s1. The fourth-order valence-corrected chi connectivity index (χ4v) is 2.32. The first-order chi connectivity index (χ1) is 10.4. The van der Waals surface area contributed by atoms with E-state index in [1.54, 1.807) is 17.9 Å². The smallest absolute Gasteiger partial charge is 0.372 e. The second-order valence-corrected chi connectivity index (χ2v) is 5.20. The Hall–Kier alpha value is -1.82. The molecule has 6 heteroatoms. The number of allylic oxidation sites excluding steroid dienone is 1. The summed E-state index contributed by atoms with van der Waals surface area (Å²) in [6.45, 7) is 3.19. The number of amides is 1. The molecule has 1 fully saturated rings. The van der Waals surface area contributed by atoms with E-state index in [0.717, 1.165) is 18.6 Å². The molecule has 0 radical (unpaired) electrons. The first kappa shape index (κ1) is 16.5. The molecule has 1 amide bonds. The van der Waals surface area contributed by atoms with Crippen molar-refractivity contribution in [2.75, 3.05) is 13.1 Å². The summed E-state index contributed by atoms with van der Waals surface area (Å²) >= 11 is 0. The van der Waals surface area contributed by atoms with Gasteiger partial charge in [0, 0.05) is 13.1 Å². The highest BCUT2D eigenvalue weighted by molar-refractivity contribution is 5.87. The van der Waals surface area contributed by atoms with Crippen molar-refractivity contribution in [1.29, 1.82) is 0 Å². The lowest BCUT2D eigenvalue weighted by molar-refractivity contribution is -0.137. The zero-order valence-corrected chi connectivity index (χ0v) is 12.3. The minimum absolute atomic E-state index is 0.0388. The van der Waals surface area contributed by atoms with E-state index in [9.17, 15) is 18.0 Å². The van der Waals surface area contributed by atoms with Crippen LogP contribution in [0.2, 0.25) is 0 Å². The number of ether oxygens (including phenoxy) is 1. The predicted molar refractivity (Wildman–Crippen MR) is 76.0 cm³/mol. The Morgan fingerprint density at radius 1 is 1.36 bits per heavy atom. The molecule has 0 N–H and O–H groups in total. The van der Waals surface area contributed by atoms with Crippen LogP contribution in [0.4, 0.5) is 13.2 Å². The van der Waals surface area contributed by atoms with Crippen molar-refractivity contribution < 1.29 is 22.7 Å². The van der Waals surface area contributed by atoms with Crippen LogP contribution in [0.3, 0.4) is 0 Å². The van der Waals surface area contributed by atoms with E-state index in [-0.39, 0.29) is 18.6 Å². The lowest BCUT2D eigenvalue weighted by atomic mass is 10.1. The van der Waals surface area contributed by atoms with E-state index >= 15 is 0 Å². The van der Waals surface area contributed by atoms with E-state index < -0.39 is 11.7 Å². The van der Waals surface area contributed by atoms with Crippen molar-refractivity contribution in [2.24, 2.45) is 0 Å². The van der Waals surface area contributed by atoms with E-state index in [0.29, 0.717) is 18.7 Å². The molecule has 22 heavy (non-hydrogen) atoms. The topological polar surface area (TPSA) is 29.5 Å². The zero-order valence-electron chi connectivity index (χ0n) is 12.3. The molecule has 0 unspecified atom stereocenters. The maximum absolute atomic E-state index is 12.5. The van der Waals surface area contributed by atoms with Crippen LogP contribution >= 0.6 is 0 Å². The Morgan fingerprint density at radius 3 is 2.64 bits per heavy atom. The van der Waals surface area contributed by atoms with Gasteiger partial charge in [0.1, 0.15) is 0 Å². The van der Waals surface area contributed by atoms with Gasteiger partial charge < -0.3 is 9.64 Å². The molecule has 0 aromatic heterocycles. The van der Waals surface area contributed by atoms with Gasteiger partial charge in [0.05, 0.1) is 18.3 Å². The van der Waals surface area contributed by atoms with Crippen LogP contribution in [0.15, 0.2) is 36.4 Å². The van der Waals surface area contributed by atoms with E-state index in [1.165, 1.54) is 18.2 Å². The number of carbonyl (C=O) groups excluding carboxylic acids is 1. The summed E-state index contributed by atoms with van der Waals surface area (Å²) < 4.78 is 43.0. The van der Waals surface area contributed by atoms with Gasteiger partial charge in [-0.3, -0.25) is 4.79 Å². The molecule has 0 bridgehead atoms. The maximum Gasteiger partial charge on any atom is 0.416 e. The van der Waals surface area contributed by atoms with Crippen molar-refractivity contribution in [1.82, 2.24) is 4.90 Å². The monoisotopic (exact) mass is 313 g/mol. The summed E-state index contributed by atoms with van der Waals surface area (Å²) in [4.78, 5) is 13.4. The second-order valence-electron chi connectivity index (χ2n) is 5.20. The minimum Gasteiger partial charge on any atom is -0.372 e. The van der Waals surface area contributed by atoms with Gasteiger partial charge in [0.2, 0.25) is 5.91 Å². The van der Waals surface area contributed by atoms with Crippen molar-refractivity contribution in [3.05, 3.63) is 47.5 Å². The van der Waals surface area contributed by atoms with E-state index in [4.69, 9.17) is 4.74 Å². The average Bonchev–Trinajstić information content (AvgIpc) is 2.94. The summed E-state index contributed by atoms with van der Waals surface area (Å²) in [5.74, 6) is -0.0388. The Bertz CT molecular complexity index is 537. The Balaban J connectivity index is 1.83. The molecule has 1 aromatic rings. The summed E-state index contributed by atoms with van der Waals surface area (Å²) in [7, 11) is 0. The number of halogens is 3. The molecule has 1 aliphatic heterocycles. The quantitative estimate of drug-likeness (QED) is 0.797. The minimum atomic E-state index is -4.32. The van der Waals surface area contributed by atoms with Crippen molar-refractivity contribution in [3.63, 3.8) is 0 Å². The predicted octanol–water partition coefficient (Wildman–Crippen LogP) is 3.40. The molecule has 2 rings (SSSR count). The number of rotatable bonds is 4. The maximum atomic E-state index is 12.5. The fraction of sp³-hybridized carbons (Fsp3) is 0.438. The molecule has 1 aliphatic rings. The summed E-state index contributed by atoms with van der Waals surface area (Å²) in [6.07, 6.45) is -0.448. The highest BCUT2D eigenvalue weighted by Gasteiger charge is 2.30. The number of hydrogen-bond donors (Lipinski definition) is 0. The summed E-state index contributed by atoms with van der Waals surface area (Å²) in [5, 5.41) is 0.